The number of aromatic nitrogens is 2. The fraction of sp³-hybridized carbons (Fsp3) is 0.611. The minimum Gasteiger partial charge on any atom is -0.444 e. The highest BCUT2D eigenvalue weighted by atomic mass is 16.6. The summed E-state index contributed by atoms with van der Waals surface area (Å²) in [5.41, 5.74) is 2.08. The van der Waals surface area contributed by atoms with Crippen LogP contribution in [0.15, 0.2) is 22.8 Å². The van der Waals surface area contributed by atoms with Gasteiger partial charge in [-0.2, -0.15) is 0 Å². The zero-order valence-electron chi connectivity index (χ0n) is 15.3. The summed E-state index contributed by atoms with van der Waals surface area (Å²) in [6, 6.07) is 6.07. The Morgan fingerprint density at radius 3 is 2.81 bits per heavy atom. The molecule has 2 aliphatic heterocycles. The van der Waals surface area contributed by atoms with E-state index in [1.165, 1.54) is 0 Å². The van der Waals surface area contributed by atoms with E-state index in [0.29, 0.717) is 19.7 Å². The number of benzene rings is 1. The lowest BCUT2D eigenvalue weighted by molar-refractivity contribution is -0.0906. The molecular formula is C18H24N4O4. The fourth-order valence-electron chi connectivity index (χ4n) is 3.48. The molecule has 1 aromatic carbocycles. The van der Waals surface area contributed by atoms with E-state index in [4.69, 9.17) is 14.1 Å². The van der Waals surface area contributed by atoms with E-state index in [-0.39, 0.29) is 18.2 Å². The van der Waals surface area contributed by atoms with E-state index >= 15 is 0 Å². The van der Waals surface area contributed by atoms with Gasteiger partial charge in [0, 0.05) is 26.2 Å². The van der Waals surface area contributed by atoms with Crippen LogP contribution in [0.3, 0.4) is 0 Å². The topological polar surface area (TPSA) is 80.9 Å². The highest BCUT2D eigenvalue weighted by Gasteiger charge is 2.36. The van der Waals surface area contributed by atoms with Crippen LogP contribution in [-0.2, 0) is 9.47 Å². The van der Waals surface area contributed by atoms with Crippen LogP contribution in [0.1, 0.15) is 32.4 Å². The second kappa shape index (κ2) is 6.51. The SMILES string of the molecule is CC(C)(C)OC(=O)N1CCN2CC(c3ccc4nonc4c3)OCC2C1. The van der Waals surface area contributed by atoms with Gasteiger partial charge in [-0.1, -0.05) is 6.07 Å². The molecule has 140 valence electrons. The Kier molecular flexibility index (Phi) is 4.32. The van der Waals surface area contributed by atoms with Crippen molar-refractivity contribution in [2.24, 2.45) is 0 Å². The third kappa shape index (κ3) is 3.52. The molecule has 0 aliphatic carbocycles. The van der Waals surface area contributed by atoms with Gasteiger partial charge in [-0.15, -0.1) is 0 Å². The Balaban J connectivity index is 1.39. The van der Waals surface area contributed by atoms with Gasteiger partial charge in [-0.3, -0.25) is 4.90 Å². The molecule has 4 rings (SSSR count). The summed E-state index contributed by atoms with van der Waals surface area (Å²) in [6.07, 6.45) is -0.260. The minimum atomic E-state index is -0.475. The van der Waals surface area contributed by atoms with E-state index < -0.39 is 5.60 Å². The van der Waals surface area contributed by atoms with Crippen molar-refractivity contribution in [2.45, 2.75) is 38.5 Å². The highest BCUT2D eigenvalue weighted by Crippen LogP contribution is 2.28. The monoisotopic (exact) mass is 360 g/mol. The first kappa shape index (κ1) is 17.2. The summed E-state index contributed by atoms with van der Waals surface area (Å²) in [4.78, 5) is 16.5. The number of morpholine rings is 1. The minimum absolute atomic E-state index is 0.0135. The average Bonchev–Trinajstić information content (AvgIpc) is 3.07. The summed E-state index contributed by atoms with van der Waals surface area (Å²) in [7, 11) is 0. The van der Waals surface area contributed by atoms with Gasteiger partial charge in [0.2, 0.25) is 0 Å². The summed E-state index contributed by atoms with van der Waals surface area (Å²) in [6.45, 7) is 9.16. The molecule has 0 saturated carbocycles. The number of carbonyl (C=O) groups excluding carboxylic acids is 1. The molecule has 0 N–H and O–H groups in total. The number of carbonyl (C=O) groups is 1. The number of piperazine rings is 1. The zero-order chi connectivity index (χ0) is 18.3. The number of fused-ring (bicyclic) bond motifs is 2. The molecule has 2 aliphatic rings. The van der Waals surface area contributed by atoms with Crippen molar-refractivity contribution in [1.29, 1.82) is 0 Å². The third-order valence-electron chi connectivity index (χ3n) is 4.80. The molecule has 8 nitrogen and oxygen atoms in total. The number of ether oxygens (including phenoxy) is 2. The molecule has 8 heteroatoms. The number of hydrogen-bond acceptors (Lipinski definition) is 7. The van der Waals surface area contributed by atoms with Crippen molar-refractivity contribution < 1.29 is 18.9 Å². The average molecular weight is 360 g/mol. The van der Waals surface area contributed by atoms with Crippen molar-refractivity contribution in [3.05, 3.63) is 23.8 Å². The lowest BCUT2D eigenvalue weighted by Crippen LogP contribution is -2.59. The van der Waals surface area contributed by atoms with Crippen molar-refractivity contribution in [2.75, 3.05) is 32.8 Å². The highest BCUT2D eigenvalue weighted by molar-refractivity contribution is 5.73. The summed E-state index contributed by atoms with van der Waals surface area (Å²) in [5, 5.41) is 7.73. The molecule has 0 radical (unpaired) electrons. The molecule has 3 heterocycles. The number of hydrogen-bond donors (Lipinski definition) is 0. The lowest BCUT2D eigenvalue weighted by atomic mass is 10.0. The van der Waals surface area contributed by atoms with Crippen LogP contribution in [0, 0.1) is 0 Å². The summed E-state index contributed by atoms with van der Waals surface area (Å²) >= 11 is 0. The Morgan fingerprint density at radius 2 is 2.00 bits per heavy atom. The Bertz CT molecular complexity index is 800. The second-order valence-corrected chi connectivity index (χ2v) is 7.91. The van der Waals surface area contributed by atoms with Crippen LogP contribution in [0.5, 0.6) is 0 Å². The standard InChI is InChI=1S/C18H24N4O4/c1-18(2,3)25-17(23)22-7-6-21-10-16(24-11-13(21)9-22)12-4-5-14-15(8-12)20-26-19-14/h4-5,8,13,16H,6-7,9-11H2,1-3H3. The Morgan fingerprint density at radius 1 is 1.19 bits per heavy atom. The molecule has 1 amide bonds. The molecule has 26 heavy (non-hydrogen) atoms. The maximum absolute atomic E-state index is 12.3. The molecule has 0 bridgehead atoms. The predicted molar refractivity (Wildman–Crippen MR) is 93.7 cm³/mol. The molecule has 2 atom stereocenters. The zero-order valence-corrected chi connectivity index (χ0v) is 15.3. The molecule has 2 fully saturated rings. The van der Waals surface area contributed by atoms with Gasteiger partial charge in [0.05, 0.1) is 18.8 Å². The Labute approximate surface area is 152 Å². The van der Waals surface area contributed by atoms with Crippen LogP contribution in [-0.4, -0.2) is 70.6 Å². The van der Waals surface area contributed by atoms with Crippen LogP contribution in [0.2, 0.25) is 0 Å². The number of rotatable bonds is 1. The maximum atomic E-state index is 12.3. The smallest absolute Gasteiger partial charge is 0.410 e. The first-order chi connectivity index (χ1) is 12.4. The summed E-state index contributed by atoms with van der Waals surface area (Å²) in [5.74, 6) is 0. The van der Waals surface area contributed by atoms with E-state index in [2.05, 4.69) is 15.2 Å². The van der Waals surface area contributed by atoms with E-state index in [9.17, 15) is 4.79 Å². The van der Waals surface area contributed by atoms with Gasteiger partial charge in [-0.05, 0) is 48.8 Å². The van der Waals surface area contributed by atoms with Crippen molar-refractivity contribution in [3.8, 4) is 0 Å². The van der Waals surface area contributed by atoms with Crippen molar-refractivity contribution >= 4 is 17.1 Å². The van der Waals surface area contributed by atoms with Gasteiger partial charge in [0.25, 0.3) is 0 Å². The quantitative estimate of drug-likeness (QED) is 0.771. The van der Waals surface area contributed by atoms with Gasteiger partial charge in [0.1, 0.15) is 16.6 Å². The van der Waals surface area contributed by atoms with Crippen LogP contribution < -0.4 is 0 Å². The van der Waals surface area contributed by atoms with E-state index in [1.54, 1.807) is 4.90 Å². The van der Waals surface area contributed by atoms with Gasteiger partial charge >= 0.3 is 6.09 Å². The molecule has 2 saturated heterocycles. The van der Waals surface area contributed by atoms with E-state index in [0.717, 1.165) is 29.7 Å². The molecule has 2 unspecified atom stereocenters. The Hall–Kier alpha value is -2.19. The first-order valence-electron chi connectivity index (χ1n) is 8.95. The van der Waals surface area contributed by atoms with Gasteiger partial charge < -0.3 is 14.4 Å². The molecule has 2 aromatic rings. The van der Waals surface area contributed by atoms with Gasteiger partial charge in [0.15, 0.2) is 0 Å². The van der Waals surface area contributed by atoms with Gasteiger partial charge in [-0.25, -0.2) is 9.42 Å². The molecular weight excluding hydrogens is 336 g/mol. The van der Waals surface area contributed by atoms with E-state index in [1.807, 2.05) is 39.0 Å². The number of nitrogens with zero attached hydrogens (tertiary/aromatic N) is 4. The molecule has 0 spiro atoms. The first-order valence-corrected chi connectivity index (χ1v) is 8.95. The van der Waals surface area contributed by atoms with Crippen molar-refractivity contribution in [3.63, 3.8) is 0 Å². The predicted octanol–water partition coefficient (Wildman–Crippen LogP) is 2.22. The van der Waals surface area contributed by atoms with Crippen LogP contribution in [0.4, 0.5) is 4.79 Å². The van der Waals surface area contributed by atoms with Crippen LogP contribution >= 0.6 is 0 Å². The van der Waals surface area contributed by atoms with Crippen LogP contribution in [0.25, 0.3) is 11.0 Å². The third-order valence-corrected chi connectivity index (χ3v) is 4.80. The lowest BCUT2D eigenvalue weighted by Gasteiger charge is -2.46. The normalized spacial score (nSPS) is 24.5. The van der Waals surface area contributed by atoms with Crippen molar-refractivity contribution in [1.82, 2.24) is 20.1 Å². The number of amides is 1. The largest absolute Gasteiger partial charge is 0.444 e. The molecule has 1 aromatic heterocycles. The summed E-state index contributed by atoms with van der Waals surface area (Å²) < 4.78 is 16.3. The second-order valence-electron chi connectivity index (χ2n) is 7.91. The maximum Gasteiger partial charge on any atom is 0.410 e. The fourth-order valence-corrected chi connectivity index (χ4v) is 3.48.